The van der Waals surface area contributed by atoms with Crippen molar-refractivity contribution >= 4 is 0 Å². The Kier molecular flexibility index (Phi) is 4.46. The van der Waals surface area contributed by atoms with Crippen LogP contribution in [0.1, 0.15) is 18.3 Å². The van der Waals surface area contributed by atoms with Gasteiger partial charge in [0.05, 0.1) is 19.3 Å². The van der Waals surface area contributed by atoms with Crippen molar-refractivity contribution in [2.75, 3.05) is 20.3 Å². The van der Waals surface area contributed by atoms with Gasteiger partial charge in [0, 0.05) is 18.6 Å². The minimum absolute atomic E-state index is 0.0619. The number of hydrogen-bond acceptors (Lipinski definition) is 5. The smallest absolute Gasteiger partial charge is 0.184 e. The van der Waals surface area contributed by atoms with Crippen molar-refractivity contribution in [1.82, 2.24) is 0 Å². The van der Waals surface area contributed by atoms with Gasteiger partial charge in [0.1, 0.15) is 12.2 Å². The molecule has 0 aromatic heterocycles. The molecule has 2 saturated heterocycles. The lowest BCUT2D eigenvalue weighted by atomic mass is 9.85. The van der Waals surface area contributed by atoms with Gasteiger partial charge in [-0.3, -0.25) is 0 Å². The van der Waals surface area contributed by atoms with Gasteiger partial charge in [0.15, 0.2) is 12.6 Å². The van der Waals surface area contributed by atoms with E-state index in [1.807, 2.05) is 36.4 Å². The van der Waals surface area contributed by atoms with Crippen molar-refractivity contribution in [3.05, 3.63) is 48.0 Å². The molecule has 2 fully saturated rings. The van der Waals surface area contributed by atoms with Gasteiger partial charge < -0.3 is 23.7 Å². The first-order valence-corrected chi connectivity index (χ1v) is 8.13. The highest BCUT2D eigenvalue weighted by Gasteiger charge is 2.50. The summed E-state index contributed by atoms with van der Waals surface area (Å²) < 4.78 is 29.6. The molecule has 6 atom stereocenters. The molecule has 23 heavy (non-hydrogen) atoms. The second-order valence-corrected chi connectivity index (χ2v) is 6.12. The molecule has 0 radical (unpaired) electrons. The van der Waals surface area contributed by atoms with Crippen molar-refractivity contribution in [2.24, 2.45) is 5.92 Å². The Morgan fingerprint density at radius 1 is 1.00 bits per heavy atom. The summed E-state index contributed by atoms with van der Waals surface area (Å²) in [7, 11) is 1.65. The molecule has 4 rings (SSSR count). The van der Waals surface area contributed by atoms with E-state index in [4.69, 9.17) is 23.7 Å². The number of rotatable bonds is 2. The first-order chi connectivity index (χ1) is 11.4. The summed E-state index contributed by atoms with van der Waals surface area (Å²) in [5.74, 6) is 0.201. The lowest BCUT2D eigenvalue weighted by molar-refractivity contribution is -0.353. The SMILES string of the molecule is CO[C@H]1O[C@@H]2CO[C@@H](c3ccccc3)O[C@H]2[C@@H]2CC=CCO[C@@H]12. The van der Waals surface area contributed by atoms with Crippen LogP contribution in [0.5, 0.6) is 0 Å². The van der Waals surface area contributed by atoms with Gasteiger partial charge in [-0.15, -0.1) is 0 Å². The molecule has 0 N–H and O–H groups in total. The van der Waals surface area contributed by atoms with E-state index >= 15 is 0 Å². The Labute approximate surface area is 136 Å². The fourth-order valence-corrected chi connectivity index (χ4v) is 3.61. The van der Waals surface area contributed by atoms with Crippen molar-refractivity contribution in [3.63, 3.8) is 0 Å². The molecule has 3 heterocycles. The zero-order chi connectivity index (χ0) is 15.6. The van der Waals surface area contributed by atoms with Crippen LogP contribution in [-0.2, 0) is 23.7 Å². The van der Waals surface area contributed by atoms with Gasteiger partial charge in [0.2, 0.25) is 0 Å². The Bertz CT molecular complexity index is 546. The quantitative estimate of drug-likeness (QED) is 0.784. The topological polar surface area (TPSA) is 46.2 Å². The van der Waals surface area contributed by atoms with Crippen molar-refractivity contribution in [3.8, 4) is 0 Å². The normalized spacial score (nSPS) is 40.0. The Hall–Kier alpha value is -1.24. The molecule has 5 heteroatoms. The van der Waals surface area contributed by atoms with Crippen LogP contribution < -0.4 is 0 Å². The number of ether oxygens (including phenoxy) is 5. The molecule has 3 aliphatic rings. The summed E-state index contributed by atoms with van der Waals surface area (Å²) in [6, 6.07) is 10.0. The van der Waals surface area contributed by atoms with E-state index in [1.165, 1.54) is 0 Å². The van der Waals surface area contributed by atoms with E-state index in [2.05, 4.69) is 6.08 Å². The van der Waals surface area contributed by atoms with Gasteiger partial charge in [-0.2, -0.15) is 0 Å². The minimum Gasteiger partial charge on any atom is -0.368 e. The number of benzene rings is 1. The van der Waals surface area contributed by atoms with E-state index in [-0.39, 0.29) is 36.8 Å². The summed E-state index contributed by atoms with van der Waals surface area (Å²) in [4.78, 5) is 0. The minimum atomic E-state index is -0.373. The van der Waals surface area contributed by atoms with E-state index in [0.717, 1.165) is 12.0 Å². The lowest BCUT2D eigenvalue weighted by Gasteiger charge is -2.48. The highest BCUT2D eigenvalue weighted by Crippen LogP contribution is 2.40. The molecule has 3 aliphatic heterocycles. The number of fused-ring (bicyclic) bond motifs is 3. The highest BCUT2D eigenvalue weighted by atomic mass is 16.7. The van der Waals surface area contributed by atoms with Crippen molar-refractivity contribution < 1.29 is 23.7 Å². The molecule has 0 amide bonds. The highest BCUT2D eigenvalue weighted by molar-refractivity contribution is 5.16. The standard InChI is InChI=1S/C18H22O5/c1-19-18-16-13(9-5-6-10-20-16)15-14(22-18)11-21-17(23-15)12-7-3-2-4-8-12/h2-8,13-18H,9-11H2,1H3/t13-,14+,15-,16+,17+,18-/m0/s1. The summed E-state index contributed by atoms with van der Waals surface area (Å²) in [5.41, 5.74) is 1.03. The van der Waals surface area contributed by atoms with Gasteiger partial charge in [-0.25, -0.2) is 0 Å². The predicted molar refractivity (Wildman–Crippen MR) is 82.7 cm³/mol. The average molecular weight is 318 g/mol. The average Bonchev–Trinajstić information content (AvgIpc) is 2.87. The maximum atomic E-state index is 6.28. The third-order valence-corrected chi connectivity index (χ3v) is 4.74. The van der Waals surface area contributed by atoms with Crippen LogP contribution in [0.15, 0.2) is 42.5 Å². The number of methoxy groups -OCH3 is 1. The summed E-state index contributed by atoms with van der Waals surface area (Å²) in [5, 5.41) is 0. The molecule has 1 aromatic rings. The Morgan fingerprint density at radius 3 is 2.70 bits per heavy atom. The zero-order valence-corrected chi connectivity index (χ0v) is 13.2. The van der Waals surface area contributed by atoms with E-state index in [9.17, 15) is 0 Å². The Balaban J connectivity index is 1.57. The maximum Gasteiger partial charge on any atom is 0.184 e. The lowest BCUT2D eigenvalue weighted by Crippen LogP contribution is -2.59. The van der Waals surface area contributed by atoms with Crippen LogP contribution in [0.3, 0.4) is 0 Å². The van der Waals surface area contributed by atoms with Crippen LogP contribution in [0, 0.1) is 5.92 Å². The van der Waals surface area contributed by atoms with Gasteiger partial charge in [0.25, 0.3) is 0 Å². The van der Waals surface area contributed by atoms with E-state index in [1.54, 1.807) is 7.11 Å². The van der Waals surface area contributed by atoms with Gasteiger partial charge in [-0.05, 0) is 6.42 Å². The molecule has 0 saturated carbocycles. The molecule has 0 bridgehead atoms. The first kappa shape index (κ1) is 15.3. The maximum absolute atomic E-state index is 6.28. The van der Waals surface area contributed by atoms with E-state index < -0.39 is 0 Å². The monoisotopic (exact) mass is 318 g/mol. The largest absolute Gasteiger partial charge is 0.368 e. The third kappa shape index (κ3) is 2.95. The van der Waals surface area contributed by atoms with Crippen molar-refractivity contribution in [2.45, 2.75) is 37.3 Å². The zero-order valence-electron chi connectivity index (χ0n) is 13.2. The number of hydrogen-bond donors (Lipinski definition) is 0. The van der Waals surface area contributed by atoms with Crippen LogP contribution in [0.25, 0.3) is 0 Å². The molecule has 0 aliphatic carbocycles. The summed E-state index contributed by atoms with van der Waals surface area (Å²) >= 11 is 0. The molecule has 0 unspecified atom stereocenters. The molecule has 5 nitrogen and oxygen atoms in total. The first-order valence-electron chi connectivity index (χ1n) is 8.13. The summed E-state index contributed by atoms with van der Waals surface area (Å²) in [6.07, 6.45) is 4.07. The molecule has 0 spiro atoms. The second-order valence-electron chi connectivity index (χ2n) is 6.12. The van der Waals surface area contributed by atoms with Gasteiger partial charge in [-0.1, -0.05) is 42.5 Å². The molecular formula is C18H22O5. The molecule has 1 aromatic carbocycles. The van der Waals surface area contributed by atoms with Crippen LogP contribution in [-0.4, -0.2) is 44.9 Å². The molecular weight excluding hydrogens is 296 g/mol. The fourth-order valence-electron chi connectivity index (χ4n) is 3.61. The molecule has 124 valence electrons. The summed E-state index contributed by atoms with van der Waals surface area (Å²) in [6.45, 7) is 1.08. The van der Waals surface area contributed by atoms with Crippen LogP contribution in [0.2, 0.25) is 0 Å². The van der Waals surface area contributed by atoms with Crippen molar-refractivity contribution in [1.29, 1.82) is 0 Å². The predicted octanol–water partition coefficient (Wildman–Crippen LogP) is 2.43. The van der Waals surface area contributed by atoms with Crippen LogP contribution >= 0.6 is 0 Å². The fraction of sp³-hybridized carbons (Fsp3) is 0.556. The Morgan fingerprint density at radius 2 is 1.87 bits per heavy atom. The van der Waals surface area contributed by atoms with Gasteiger partial charge >= 0.3 is 0 Å². The second kappa shape index (κ2) is 6.71. The van der Waals surface area contributed by atoms with Crippen LogP contribution in [0.4, 0.5) is 0 Å². The third-order valence-electron chi connectivity index (χ3n) is 4.74. The number of allylic oxidation sites excluding steroid dienone is 1. The van der Waals surface area contributed by atoms with E-state index in [0.29, 0.717) is 13.2 Å².